The Kier molecular flexibility index (Phi) is 6.06. The molecule has 1 fully saturated rings. The van der Waals surface area contributed by atoms with Crippen molar-refractivity contribution in [3.8, 4) is 6.07 Å². The Morgan fingerprint density at radius 3 is 2.52 bits per heavy atom. The highest BCUT2D eigenvalue weighted by molar-refractivity contribution is 5.79. The van der Waals surface area contributed by atoms with E-state index in [0.29, 0.717) is 31.5 Å². The molecule has 152 valence electrons. The number of hydrogen-bond acceptors (Lipinski definition) is 4. The number of carbonyl (C=O) groups is 1. The highest BCUT2D eigenvalue weighted by Gasteiger charge is 2.34. The molecule has 0 spiro atoms. The molecule has 2 aromatic rings. The first kappa shape index (κ1) is 20.6. The van der Waals surface area contributed by atoms with E-state index in [-0.39, 0.29) is 23.9 Å². The van der Waals surface area contributed by atoms with E-state index < -0.39 is 11.7 Å². The van der Waals surface area contributed by atoms with Crippen LogP contribution in [-0.2, 0) is 17.5 Å². The first-order valence-corrected chi connectivity index (χ1v) is 9.31. The third-order valence-corrected chi connectivity index (χ3v) is 5.15. The van der Waals surface area contributed by atoms with Gasteiger partial charge in [0.15, 0.2) is 0 Å². The molecule has 1 aromatic carbocycles. The number of alkyl halides is 3. The minimum Gasteiger partial charge on any atom is -0.357 e. The van der Waals surface area contributed by atoms with Crippen molar-refractivity contribution in [3.63, 3.8) is 0 Å². The van der Waals surface area contributed by atoms with Crippen LogP contribution in [0.3, 0.4) is 0 Å². The fraction of sp³-hybridized carbons (Fsp3) is 0.381. The molecule has 0 aliphatic carbocycles. The Hall–Kier alpha value is -3.08. The fourth-order valence-electron chi connectivity index (χ4n) is 3.57. The first-order valence-electron chi connectivity index (χ1n) is 9.31. The molecule has 3 rings (SSSR count). The van der Waals surface area contributed by atoms with Gasteiger partial charge in [-0.2, -0.15) is 18.4 Å². The summed E-state index contributed by atoms with van der Waals surface area (Å²) in [6, 6.07) is 10.8. The average molecular weight is 402 g/mol. The minimum atomic E-state index is -4.44. The van der Waals surface area contributed by atoms with E-state index in [1.54, 1.807) is 25.2 Å². The number of aromatic nitrogens is 1. The predicted molar refractivity (Wildman–Crippen MR) is 102 cm³/mol. The second-order valence-corrected chi connectivity index (χ2v) is 7.13. The molecule has 0 atom stereocenters. The van der Waals surface area contributed by atoms with Gasteiger partial charge in [-0.25, -0.2) is 4.98 Å². The van der Waals surface area contributed by atoms with Gasteiger partial charge < -0.3 is 9.80 Å². The molecule has 0 unspecified atom stereocenters. The zero-order chi connectivity index (χ0) is 21.0. The smallest absolute Gasteiger partial charge is 0.357 e. The van der Waals surface area contributed by atoms with Crippen LogP contribution in [0.25, 0.3) is 0 Å². The van der Waals surface area contributed by atoms with E-state index in [4.69, 9.17) is 5.26 Å². The number of hydrogen-bond donors (Lipinski definition) is 0. The van der Waals surface area contributed by atoms with Gasteiger partial charge in [-0.15, -0.1) is 0 Å². The Bertz CT molecular complexity index is 897. The Morgan fingerprint density at radius 1 is 1.24 bits per heavy atom. The summed E-state index contributed by atoms with van der Waals surface area (Å²) < 4.78 is 39.5. The second kappa shape index (κ2) is 8.52. The van der Waals surface area contributed by atoms with Crippen LogP contribution in [0.2, 0.25) is 0 Å². The van der Waals surface area contributed by atoms with Gasteiger partial charge in [-0.05, 0) is 36.6 Å². The lowest BCUT2D eigenvalue weighted by atomic mass is 9.95. The van der Waals surface area contributed by atoms with Gasteiger partial charge >= 0.3 is 6.18 Å². The summed E-state index contributed by atoms with van der Waals surface area (Å²) >= 11 is 0. The van der Waals surface area contributed by atoms with Crippen molar-refractivity contribution < 1.29 is 18.0 Å². The summed E-state index contributed by atoms with van der Waals surface area (Å²) in [5, 5.41) is 8.85. The first-order chi connectivity index (χ1) is 13.8. The van der Waals surface area contributed by atoms with Crippen molar-refractivity contribution in [2.75, 3.05) is 25.0 Å². The number of carbonyl (C=O) groups excluding carboxylic acids is 1. The van der Waals surface area contributed by atoms with Crippen LogP contribution in [0.15, 0.2) is 42.6 Å². The Morgan fingerprint density at radius 2 is 1.93 bits per heavy atom. The average Bonchev–Trinajstić information content (AvgIpc) is 2.73. The van der Waals surface area contributed by atoms with E-state index in [1.165, 1.54) is 23.2 Å². The van der Waals surface area contributed by atoms with Gasteiger partial charge in [0.25, 0.3) is 0 Å². The zero-order valence-corrected chi connectivity index (χ0v) is 16.0. The standard InChI is InChI=1S/C21H21F3N4O/c1-27(14-17-4-2-3-5-18(17)21(22,23)24)20(29)16-8-10-28(11-9-16)19-7-6-15(12-25)13-26-19/h2-7,13,16H,8-11,14H2,1H3. The van der Waals surface area contributed by atoms with Crippen LogP contribution in [-0.4, -0.2) is 35.9 Å². The summed E-state index contributed by atoms with van der Waals surface area (Å²) in [6.45, 7) is 1.18. The molecule has 8 heteroatoms. The molecule has 1 aromatic heterocycles. The number of amides is 1. The third kappa shape index (κ3) is 4.86. The van der Waals surface area contributed by atoms with Crippen molar-refractivity contribution >= 4 is 11.7 Å². The summed E-state index contributed by atoms with van der Waals surface area (Å²) in [5.74, 6) is 0.379. The van der Waals surface area contributed by atoms with Gasteiger partial charge in [0, 0.05) is 38.8 Å². The Balaban J connectivity index is 1.60. The van der Waals surface area contributed by atoms with Crippen LogP contribution in [0.5, 0.6) is 0 Å². The number of benzene rings is 1. The van der Waals surface area contributed by atoms with E-state index >= 15 is 0 Å². The molecule has 0 N–H and O–H groups in total. The highest BCUT2D eigenvalue weighted by Crippen LogP contribution is 2.32. The second-order valence-electron chi connectivity index (χ2n) is 7.13. The largest absolute Gasteiger partial charge is 0.416 e. The van der Waals surface area contributed by atoms with Gasteiger partial charge in [0.05, 0.1) is 11.1 Å². The third-order valence-electron chi connectivity index (χ3n) is 5.15. The molecule has 0 radical (unpaired) electrons. The van der Waals surface area contributed by atoms with Gasteiger partial charge in [0.2, 0.25) is 5.91 Å². The molecule has 1 aliphatic rings. The molecule has 1 aliphatic heterocycles. The molecule has 5 nitrogen and oxygen atoms in total. The number of piperidine rings is 1. The number of anilines is 1. The number of pyridine rings is 1. The molecule has 1 saturated heterocycles. The molecule has 1 amide bonds. The van der Waals surface area contributed by atoms with Crippen LogP contribution in [0.4, 0.5) is 19.0 Å². The SMILES string of the molecule is CN(Cc1ccccc1C(F)(F)F)C(=O)C1CCN(c2ccc(C#N)cn2)CC1. The minimum absolute atomic E-state index is 0.0775. The van der Waals surface area contributed by atoms with E-state index in [1.807, 2.05) is 11.0 Å². The van der Waals surface area contributed by atoms with Crippen molar-refractivity contribution in [2.45, 2.75) is 25.6 Å². The number of nitriles is 1. The van der Waals surface area contributed by atoms with Gasteiger partial charge in [-0.1, -0.05) is 18.2 Å². The number of nitrogens with zero attached hydrogens (tertiary/aromatic N) is 4. The maximum Gasteiger partial charge on any atom is 0.416 e. The normalized spacial score (nSPS) is 15.1. The molecule has 0 bridgehead atoms. The lowest BCUT2D eigenvalue weighted by molar-refractivity contribution is -0.140. The molecule has 2 heterocycles. The topological polar surface area (TPSA) is 60.2 Å². The van der Waals surface area contributed by atoms with E-state index in [2.05, 4.69) is 4.98 Å². The number of halogens is 3. The van der Waals surface area contributed by atoms with Gasteiger partial charge in [0.1, 0.15) is 11.9 Å². The van der Waals surface area contributed by atoms with Gasteiger partial charge in [-0.3, -0.25) is 4.79 Å². The van der Waals surface area contributed by atoms with E-state index in [0.717, 1.165) is 11.9 Å². The van der Waals surface area contributed by atoms with Crippen LogP contribution >= 0.6 is 0 Å². The quantitative estimate of drug-likeness (QED) is 0.780. The van der Waals surface area contributed by atoms with Crippen LogP contribution in [0.1, 0.15) is 29.5 Å². The monoisotopic (exact) mass is 402 g/mol. The van der Waals surface area contributed by atoms with Crippen LogP contribution < -0.4 is 4.90 Å². The summed E-state index contributed by atoms with van der Waals surface area (Å²) in [5.41, 5.74) is -0.129. The summed E-state index contributed by atoms with van der Waals surface area (Å²) in [6.07, 6.45) is -1.73. The highest BCUT2D eigenvalue weighted by atomic mass is 19.4. The zero-order valence-electron chi connectivity index (χ0n) is 16.0. The Labute approximate surface area is 167 Å². The lowest BCUT2D eigenvalue weighted by Gasteiger charge is -2.34. The molecular formula is C21H21F3N4O. The molecule has 29 heavy (non-hydrogen) atoms. The molecule has 0 saturated carbocycles. The fourth-order valence-corrected chi connectivity index (χ4v) is 3.57. The maximum absolute atomic E-state index is 13.2. The van der Waals surface area contributed by atoms with Crippen molar-refractivity contribution in [1.29, 1.82) is 5.26 Å². The lowest BCUT2D eigenvalue weighted by Crippen LogP contribution is -2.41. The van der Waals surface area contributed by atoms with Crippen molar-refractivity contribution in [2.24, 2.45) is 5.92 Å². The van der Waals surface area contributed by atoms with Crippen LogP contribution in [0, 0.1) is 17.2 Å². The summed E-state index contributed by atoms with van der Waals surface area (Å²) in [4.78, 5) is 20.5. The maximum atomic E-state index is 13.2. The van der Waals surface area contributed by atoms with Crippen molar-refractivity contribution in [3.05, 3.63) is 59.3 Å². The van der Waals surface area contributed by atoms with Crippen molar-refractivity contribution in [1.82, 2.24) is 9.88 Å². The number of rotatable bonds is 4. The van der Waals surface area contributed by atoms with E-state index in [9.17, 15) is 18.0 Å². The molecular weight excluding hydrogens is 381 g/mol. The summed E-state index contributed by atoms with van der Waals surface area (Å²) in [7, 11) is 1.55. The predicted octanol–water partition coefficient (Wildman–Crippen LogP) is 3.85.